The number of carbonyl (C=O) groups is 2. The number of para-hydroxylation sites is 1. The number of anilines is 1. The number of nitrogens with zero attached hydrogens (tertiary/aromatic N) is 1. The van der Waals surface area contributed by atoms with Gasteiger partial charge in [0, 0.05) is 25.7 Å². The number of carboxylic acids is 1. The van der Waals surface area contributed by atoms with Crippen LogP contribution in [0.4, 0.5) is 10.5 Å². The molecule has 0 saturated heterocycles. The summed E-state index contributed by atoms with van der Waals surface area (Å²) in [6.07, 6.45) is 0.854. The number of hydrogen-bond acceptors (Lipinski definition) is 4. The number of nitrogens with one attached hydrogen (secondary N) is 1. The Hall–Kier alpha value is -4.78. The van der Waals surface area contributed by atoms with Crippen LogP contribution in [0.1, 0.15) is 18.9 Å². The molecule has 0 fully saturated rings. The Bertz CT molecular complexity index is 1380. The smallest absolute Gasteiger partial charge is 0.348 e. The average Bonchev–Trinajstić information content (AvgIpc) is 2.97. The van der Waals surface area contributed by atoms with E-state index in [2.05, 4.69) is 17.4 Å². The Morgan fingerprint density at radius 3 is 2.02 bits per heavy atom. The number of benzene rings is 4. The second-order valence-electron chi connectivity index (χ2n) is 9.77. The zero-order valence-electron chi connectivity index (χ0n) is 22.7. The third-order valence-electron chi connectivity index (χ3n) is 6.50. The van der Waals surface area contributed by atoms with Gasteiger partial charge < -0.3 is 24.8 Å². The summed E-state index contributed by atoms with van der Waals surface area (Å²) in [7, 11) is 1.75. The largest absolute Gasteiger partial charge is 0.494 e. The van der Waals surface area contributed by atoms with Gasteiger partial charge >= 0.3 is 12.0 Å². The van der Waals surface area contributed by atoms with E-state index >= 15 is 0 Å². The molecule has 4 aromatic carbocycles. The number of carbonyl (C=O) groups excluding carboxylic acids is 1. The Morgan fingerprint density at radius 1 is 0.800 bits per heavy atom. The van der Waals surface area contributed by atoms with Gasteiger partial charge in [0.05, 0.1) is 6.61 Å². The van der Waals surface area contributed by atoms with Gasteiger partial charge in [0.25, 0.3) is 0 Å². The van der Waals surface area contributed by atoms with Gasteiger partial charge in [-0.2, -0.15) is 0 Å². The fourth-order valence-electron chi connectivity index (χ4n) is 4.19. The van der Waals surface area contributed by atoms with E-state index in [1.54, 1.807) is 43.1 Å². The van der Waals surface area contributed by atoms with Crippen molar-refractivity contribution in [1.29, 1.82) is 0 Å². The maximum absolute atomic E-state index is 12.6. The Kier molecular flexibility index (Phi) is 9.41. The van der Waals surface area contributed by atoms with E-state index in [-0.39, 0.29) is 12.5 Å². The van der Waals surface area contributed by atoms with Crippen molar-refractivity contribution in [3.05, 3.63) is 115 Å². The maximum atomic E-state index is 12.6. The van der Waals surface area contributed by atoms with Gasteiger partial charge in [-0.1, -0.05) is 72.8 Å². The van der Waals surface area contributed by atoms with Crippen molar-refractivity contribution in [3.63, 3.8) is 0 Å². The molecule has 0 bridgehead atoms. The Morgan fingerprint density at radius 2 is 1.40 bits per heavy atom. The van der Waals surface area contributed by atoms with Crippen LogP contribution in [0.15, 0.2) is 109 Å². The second-order valence-corrected chi connectivity index (χ2v) is 9.77. The number of carboxylic acid groups (broad SMARTS) is 1. The quantitative estimate of drug-likeness (QED) is 0.195. The Balaban J connectivity index is 1.20. The molecular formula is C33H34N2O5. The van der Waals surface area contributed by atoms with E-state index in [0.717, 1.165) is 22.4 Å². The molecule has 0 aromatic heterocycles. The molecule has 0 spiro atoms. The summed E-state index contributed by atoms with van der Waals surface area (Å²) in [5.41, 5.74) is 2.37. The first-order chi connectivity index (χ1) is 19.3. The molecular weight excluding hydrogens is 504 g/mol. The normalized spacial score (nSPS) is 12.2. The SMILES string of the molecule is CN(CCCOc1ccc(C[C@](C)(Oc2ccccc2)C(=O)O)cc1)C(=O)Nc1ccc(-c2ccccc2)cc1. The van der Waals surface area contributed by atoms with Gasteiger partial charge in [-0.05, 0) is 66.4 Å². The van der Waals surface area contributed by atoms with E-state index in [1.807, 2.05) is 72.8 Å². The van der Waals surface area contributed by atoms with E-state index in [4.69, 9.17) is 9.47 Å². The topological polar surface area (TPSA) is 88.1 Å². The van der Waals surface area contributed by atoms with Crippen molar-refractivity contribution in [2.45, 2.75) is 25.4 Å². The molecule has 40 heavy (non-hydrogen) atoms. The van der Waals surface area contributed by atoms with Crippen LogP contribution in [0, 0.1) is 0 Å². The lowest BCUT2D eigenvalue weighted by molar-refractivity contribution is -0.153. The van der Waals surface area contributed by atoms with Crippen molar-refractivity contribution < 1.29 is 24.2 Å². The van der Waals surface area contributed by atoms with Crippen LogP contribution in [-0.2, 0) is 11.2 Å². The van der Waals surface area contributed by atoms with Crippen LogP contribution in [0.2, 0.25) is 0 Å². The standard InChI is InChI=1S/C33H34N2O5/c1-33(31(36)37,40-30-12-7-4-8-13-30)24-25-14-20-29(21-15-25)39-23-9-22-35(2)32(38)34-28-18-16-27(17-19-28)26-10-5-3-6-11-26/h3-8,10-21H,9,22-24H2,1-2H3,(H,34,38)(H,36,37)/t33-/m0/s1. The van der Waals surface area contributed by atoms with E-state index < -0.39 is 11.6 Å². The van der Waals surface area contributed by atoms with Gasteiger partial charge in [-0.15, -0.1) is 0 Å². The van der Waals surface area contributed by atoms with Crippen LogP contribution >= 0.6 is 0 Å². The minimum Gasteiger partial charge on any atom is -0.494 e. The zero-order chi connectivity index (χ0) is 28.4. The molecule has 4 aromatic rings. The molecule has 1 atom stereocenters. The van der Waals surface area contributed by atoms with Crippen LogP contribution in [0.25, 0.3) is 11.1 Å². The fraction of sp³-hybridized carbons (Fsp3) is 0.212. The number of amides is 2. The summed E-state index contributed by atoms with van der Waals surface area (Å²) < 4.78 is 11.6. The van der Waals surface area contributed by atoms with Gasteiger partial charge in [0.2, 0.25) is 5.60 Å². The lowest BCUT2D eigenvalue weighted by Gasteiger charge is -2.26. The van der Waals surface area contributed by atoms with Crippen molar-refractivity contribution in [1.82, 2.24) is 4.90 Å². The highest BCUT2D eigenvalue weighted by Crippen LogP contribution is 2.24. The molecule has 2 amide bonds. The minimum absolute atomic E-state index is 0.184. The second kappa shape index (κ2) is 13.3. The lowest BCUT2D eigenvalue weighted by Crippen LogP contribution is -2.43. The van der Waals surface area contributed by atoms with Crippen molar-refractivity contribution in [2.24, 2.45) is 0 Å². The van der Waals surface area contributed by atoms with Crippen LogP contribution < -0.4 is 14.8 Å². The third kappa shape index (κ3) is 7.86. The molecule has 4 rings (SSSR count). The molecule has 2 N–H and O–H groups in total. The zero-order valence-corrected chi connectivity index (χ0v) is 22.7. The van der Waals surface area contributed by atoms with Crippen molar-refractivity contribution in [2.75, 3.05) is 25.5 Å². The van der Waals surface area contributed by atoms with Gasteiger partial charge in [-0.25, -0.2) is 9.59 Å². The molecule has 0 aliphatic carbocycles. The molecule has 206 valence electrons. The summed E-state index contributed by atoms with van der Waals surface area (Å²) in [5, 5.41) is 12.7. The first-order valence-electron chi connectivity index (χ1n) is 13.2. The van der Waals surface area contributed by atoms with Crippen molar-refractivity contribution >= 4 is 17.7 Å². The van der Waals surface area contributed by atoms with E-state index in [1.165, 1.54) is 0 Å². The highest BCUT2D eigenvalue weighted by atomic mass is 16.5. The number of ether oxygens (including phenoxy) is 2. The maximum Gasteiger partial charge on any atom is 0.348 e. The number of rotatable bonds is 12. The van der Waals surface area contributed by atoms with Gasteiger partial charge in [0.15, 0.2) is 0 Å². The highest BCUT2D eigenvalue weighted by molar-refractivity contribution is 5.89. The number of hydrogen-bond donors (Lipinski definition) is 2. The molecule has 0 aliphatic rings. The summed E-state index contributed by atoms with van der Waals surface area (Å²) in [6.45, 7) is 2.53. The molecule has 0 unspecified atom stereocenters. The average molecular weight is 539 g/mol. The predicted octanol–water partition coefficient (Wildman–Crippen LogP) is 6.75. The highest BCUT2D eigenvalue weighted by Gasteiger charge is 2.36. The van der Waals surface area contributed by atoms with Gasteiger partial charge in [0.1, 0.15) is 11.5 Å². The van der Waals surface area contributed by atoms with E-state index in [0.29, 0.717) is 31.1 Å². The van der Waals surface area contributed by atoms with Crippen molar-refractivity contribution in [3.8, 4) is 22.6 Å². The molecule has 0 aliphatic heterocycles. The fourth-order valence-corrected chi connectivity index (χ4v) is 4.19. The van der Waals surface area contributed by atoms with Crippen LogP contribution in [-0.4, -0.2) is 47.8 Å². The molecule has 7 nitrogen and oxygen atoms in total. The van der Waals surface area contributed by atoms with E-state index in [9.17, 15) is 14.7 Å². The summed E-state index contributed by atoms with van der Waals surface area (Å²) >= 11 is 0. The van der Waals surface area contributed by atoms with Crippen LogP contribution in [0.3, 0.4) is 0 Å². The number of urea groups is 1. The monoisotopic (exact) mass is 538 g/mol. The molecule has 0 radical (unpaired) electrons. The minimum atomic E-state index is -1.40. The summed E-state index contributed by atoms with van der Waals surface area (Å²) in [5.74, 6) is 0.149. The summed E-state index contributed by atoms with van der Waals surface area (Å²) in [4.78, 5) is 26.2. The lowest BCUT2D eigenvalue weighted by atomic mass is 9.96. The number of aliphatic carboxylic acids is 1. The first kappa shape index (κ1) is 28.2. The molecule has 7 heteroatoms. The van der Waals surface area contributed by atoms with Gasteiger partial charge in [-0.3, -0.25) is 0 Å². The molecule has 0 heterocycles. The Labute approximate surface area is 235 Å². The summed E-state index contributed by atoms with van der Waals surface area (Å²) in [6, 6.07) is 33.9. The molecule has 0 saturated carbocycles. The third-order valence-corrected chi connectivity index (χ3v) is 6.50. The predicted molar refractivity (Wildman–Crippen MR) is 157 cm³/mol. The van der Waals surface area contributed by atoms with Crippen LogP contribution in [0.5, 0.6) is 11.5 Å². The first-order valence-corrected chi connectivity index (χ1v) is 13.2.